The van der Waals surface area contributed by atoms with Crippen LogP contribution in [0, 0.1) is 0 Å². The molecule has 0 aliphatic carbocycles. The van der Waals surface area contributed by atoms with Gasteiger partial charge in [0, 0.05) is 38.1 Å². The topological polar surface area (TPSA) is 90.5 Å². The van der Waals surface area contributed by atoms with Crippen molar-refractivity contribution in [3.8, 4) is 11.4 Å². The number of aryl methyl sites for hydroxylation is 2. The van der Waals surface area contributed by atoms with E-state index in [1.807, 2.05) is 23.7 Å². The number of carbonyl (C=O) groups excluding carboxylic acids is 1. The van der Waals surface area contributed by atoms with E-state index in [0.717, 1.165) is 22.2 Å². The van der Waals surface area contributed by atoms with Crippen LogP contribution in [0.5, 0.6) is 0 Å². The monoisotopic (exact) mass is 333 g/mol. The molecule has 4 aromatic rings. The van der Waals surface area contributed by atoms with Gasteiger partial charge in [0.25, 0.3) is 5.91 Å². The molecule has 0 aromatic carbocycles. The van der Waals surface area contributed by atoms with Crippen LogP contribution < -0.4 is 5.32 Å². The van der Waals surface area contributed by atoms with Crippen LogP contribution in [0.3, 0.4) is 0 Å². The summed E-state index contributed by atoms with van der Waals surface area (Å²) in [7, 11) is 3.68. The number of imidazole rings is 1. The van der Waals surface area contributed by atoms with E-state index in [1.165, 1.54) is 6.20 Å². The fraction of sp³-hybridized carbons (Fsp3) is 0.118. The minimum atomic E-state index is -0.249. The summed E-state index contributed by atoms with van der Waals surface area (Å²) < 4.78 is 3.48. The summed E-state index contributed by atoms with van der Waals surface area (Å²) >= 11 is 0. The summed E-state index contributed by atoms with van der Waals surface area (Å²) in [6.45, 7) is 0. The zero-order chi connectivity index (χ0) is 17.4. The molecular formula is C17H15N7O. The predicted octanol–water partition coefficient (Wildman–Crippen LogP) is 2.02. The summed E-state index contributed by atoms with van der Waals surface area (Å²) in [6.07, 6.45) is 10.1. The predicted molar refractivity (Wildman–Crippen MR) is 92.9 cm³/mol. The van der Waals surface area contributed by atoms with Gasteiger partial charge in [-0.2, -0.15) is 5.10 Å². The molecule has 0 aliphatic heterocycles. The van der Waals surface area contributed by atoms with Gasteiger partial charge in [-0.25, -0.2) is 9.97 Å². The Labute approximate surface area is 143 Å². The standard InChI is InChI=1S/C17H15N7O/c1-23-10-18-8-15(23)14-3-11-4-16(20-6-12(11)5-19-14)22-17(25)13-7-21-24(2)9-13/h3-10H,1-2H3,(H,20,22,25). The van der Waals surface area contributed by atoms with Crippen molar-refractivity contribution in [1.29, 1.82) is 0 Å². The van der Waals surface area contributed by atoms with Crippen molar-refractivity contribution in [3.05, 3.63) is 55.0 Å². The lowest BCUT2D eigenvalue weighted by atomic mass is 10.1. The zero-order valence-corrected chi connectivity index (χ0v) is 13.7. The normalized spacial score (nSPS) is 11.0. The molecule has 0 aliphatic rings. The van der Waals surface area contributed by atoms with Crippen molar-refractivity contribution >= 4 is 22.5 Å². The number of hydrogen-bond acceptors (Lipinski definition) is 5. The van der Waals surface area contributed by atoms with Gasteiger partial charge < -0.3 is 9.88 Å². The van der Waals surface area contributed by atoms with Gasteiger partial charge in [-0.3, -0.25) is 14.5 Å². The van der Waals surface area contributed by atoms with Gasteiger partial charge in [-0.15, -0.1) is 0 Å². The molecule has 124 valence electrons. The van der Waals surface area contributed by atoms with E-state index < -0.39 is 0 Å². The number of hydrogen-bond donors (Lipinski definition) is 1. The summed E-state index contributed by atoms with van der Waals surface area (Å²) in [5.74, 6) is 0.226. The second-order valence-electron chi connectivity index (χ2n) is 5.73. The van der Waals surface area contributed by atoms with Gasteiger partial charge in [0.05, 0.1) is 35.7 Å². The molecule has 0 spiro atoms. The average molecular weight is 333 g/mol. The Hall–Kier alpha value is -3.55. The maximum Gasteiger partial charge on any atom is 0.260 e. The number of rotatable bonds is 3. The number of fused-ring (bicyclic) bond motifs is 1. The second kappa shape index (κ2) is 5.82. The summed E-state index contributed by atoms with van der Waals surface area (Å²) in [4.78, 5) is 25.1. The third kappa shape index (κ3) is 2.85. The molecule has 0 saturated heterocycles. The van der Waals surface area contributed by atoms with Gasteiger partial charge in [0.15, 0.2) is 0 Å². The van der Waals surface area contributed by atoms with Crippen molar-refractivity contribution in [2.75, 3.05) is 5.32 Å². The van der Waals surface area contributed by atoms with E-state index in [1.54, 1.807) is 42.8 Å². The first-order valence-electron chi connectivity index (χ1n) is 7.62. The van der Waals surface area contributed by atoms with Crippen molar-refractivity contribution < 1.29 is 4.79 Å². The number of amides is 1. The van der Waals surface area contributed by atoms with E-state index in [9.17, 15) is 4.79 Å². The molecule has 0 radical (unpaired) electrons. The molecule has 4 aromatic heterocycles. The molecule has 1 N–H and O–H groups in total. The molecule has 0 unspecified atom stereocenters. The third-order valence-corrected chi connectivity index (χ3v) is 3.89. The van der Waals surface area contributed by atoms with Crippen LogP contribution >= 0.6 is 0 Å². The van der Waals surface area contributed by atoms with Crippen LogP contribution in [-0.4, -0.2) is 35.2 Å². The van der Waals surface area contributed by atoms with Crippen molar-refractivity contribution in [3.63, 3.8) is 0 Å². The molecule has 25 heavy (non-hydrogen) atoms. The Kier molecular flexibility index (Phi) is 3.50. The highest BCUT2D eigenvalue weighted by Gasteiger charge is 2.10. The number of pyridine rings is 2. The average Bonchev–Trinajstić information content (AvgIpc) is 3.22. The number of aromatic nitrogens is 6. The van der Waals surface area contributed by atoms with Crippen LogP contribution in [0.1, 0.15) is 10.4 Å². The minimum Gasteiger partial charge on any atom is -0.332 e. The first kappa shape index (κ1) is 15.0. The molecule has 0 atom stereocenters. The second-order valence-corrected chi connectivity index (χ2v) is 5.73. The lowest BCUT2D eigenvalue weighted by molar-refractivity contribution is 0.102. The number of carbonyl (C=O) groups is 1. The minimum absolute atomic E-state index is 0.249. The van der Waals surface area contributed by atoms with E-state index >= 15 is 0 Å². The van der Waals surface area contributed by atoms with Gasteiger partial charge in [0.2, 0.25) is 0 Å². The van der Waals surface area contributed by atoms with Crippen molar-refractivity contribution in [1.82, 2.24) is 29.3 Å². The third-order valence-electron chi connectivity index (χ3n) is 3.89. The van der Waals surface area contributed by atoms with Crippen LogP contribution in [0.15, 0.2) is 49.4 Å². The lowest BCUT2D eigenvalue weighted by Crippen LogP contribution is -2.12. The first-order valence-corrected chi connectivity index (χ1v) is 7.62. The van der Waals surface area contributed by atoms with E-state index in [-0.39, 0.29) is 5.91 Å². The number of anilines is 1. The Morgan fingerprint density at radius 3 is 2.60 bits per heavy atom. The van der Waals surface area contributed by atoms with Gasteiger partial charge in [0.1, 0.15) is 5.82 Å². The number of nitrogens with zero attached hydrogens (tertiary/aromatic N) is 6. The lowest BCUT2D eigenvalue weighted by Gasteiger charge is -2.06. The molecule has 1 amide bonds. The highest BCUT2D eigenvalue weighted by Crippen LogP contribution is 2.22. The molecule has 0 bridgehead atoms. The van der Waals surface area contributed by atoms with Crippen LogP contribution in [-0.2, 0) is 14.1 Å². The smallest absolute Gasteiger partial charge is 0.260 e. The van der Waals surface area contributed by atoms with Gasteiger partial charge >= 0.3 is 0 Å². The molecule has 4 heterocycles. The van der Waals surface area contributed by atoms with Crippen molar-refractivity contribution in [2.45, 2.75) is 0 Å². The zero-order valence-electron chi connectivity index (χ0n) is 13.7. The highest BCUT2D eigenvalue weighted by atomic mass is 16.1. The van der Waals surface area contributed by atoms with Crippen LogP contribution in [0.2, 0.25) is 0 Å². The quantitative estimate of drug-likeness (QED) is 0.619. The molecule has 8 nitrogen and oxygen atoms in total. The molecule has 0 saturated carbocycles. The van der Waals surface area contributed by atoms with E-state index in [4.69, 9.17) is 0 Å². The SMILES string of the molecule is Cn1cc(C(=O)Nc2cc3cc(-c4cncn4C)ncc3cn2)cn1. The van der Waals surface area contributed by atoms with Gasteiger partial charge in [-0.05, 0) is 17.5 Å². The Balaban J connectivity index is 1.67. The molecule has 0 fully saturated rings. The maximum atomic E-state index is 12.2. The summed E-state index contributed by atoms with van der Waals surface area (Å²) in [6, 6.07) is 3.78. The highest BCUT2D eigenvalue weighted by molar-refractivity contribution is 6.04. The van der Waals surface area contributed by atoms with E-state index in [2.05, 4.69) is 25.4 Å². The Morgan fingerprint density at radius 1 is 1.04 bits per heavy atom. The van der Waals surface area contributed by atoms with Crippen LogP contribution in [0.4, 0.5) is 5.82 Å². The van der Waals surface area contributed by atoms with Gasteiger partial charge in [-0.1, -0.05) is 0 Å². The molecular weight excluding hydrogens is 318 g/mol. The van der Waals surface area contributed by atoms with Crippen molar-refractivity contribution in [2.24, 2.45) is 14.1 Å². The maximum absolute atomic E-state index is 12.2. The Bertz CT molecular complexity index is 1080. The summed E-state index contributed by atoms with van der Waals surface area (Å²) in [5, 5.41) is 8.61. The molecule has 8 heteroatoms. The number of nitrogens with one attached hydrogen (secondary N) is 1. The summed E-state index contributed by atoms with van der Waals surface area (Å²) in [5.41, 5.74) is 2.21. The fourth-order valence-corrected chi connectivity index (χ4v) is 2.58. The fourth-order valence-electron chi connectivity index (χ4n) is 2.58. The Morgan fingerprint density at radius 2 is 1.88 bits per heavy atom. The first-order chi connectivity index (χ1) is 12.1. The largest absolute Gasteiger partial charge is 0.332 e. The van der Waals surface area contributed by atoms with Crippen LogP contribution in [0.25, 0.3) is 22.2 Å². The van der Waals surface area contributed by atoms with E-state index in [0.29, 0.717) is 11.4 Å². The molecule has 4 rings (SSSR count).